The van der Waals surface area contributed by atoms with Crippen molar-refractivity contribution in [1.29, 1.82) is 0 Å². The smallest absolute Gasteiger partial charge is 0.263 e. The Kier molecular flexibility index (Phi) is 6.77. The fourth-order valence-corrected chi connectivity index (χ4v) is 4.73. The number of nitrogens with zero attached hydrogens (tertiary/aromatic N) is 2. The number of rotatable bonds is 5. The van der Waals surface area contributed by atoms with Gasteiger partial charge in [0.05, 0.1) is 4.90 Å². The van der Waals surface area contributed by atoms with E-state index in [1.165, 1.54) is 16.4 Å². The van der Waals surface area contributed by atoms with Crippen molar-refractivity contribution in [3.8, 4) is 5.75 Å². The van der Waals surface area contributed by atoms with Gasteiger partial charge in [-0.3, -0.25) is 4.79 Å². The van der Waals surface area contributed by atoms with Gasteiger partial charge in [0.1, 0.15) is 11.6 Å². The topological polar surface area (TPSA) is 66.9 Å². The summed E-state index contributed by atoms with van der Waals surface area (Å²) in [6.07, 6.45) is -0.212. The molecule has 0 N–H and O–H groups in total. The number of benzene rings is 2. The van der Waals surface area contributed by atoms with Crippen molar-refractivity contribution >= 4 is 27.5 Å². The maximum atomic E-state index is 13.1. The van der Waals surface area contributed by atoms with E-state index in [4.69, 9.17) is 16.3 Å². The van der Waals surface area contributed by atoms with Crippen molar-refractivity contribution in [1.82, 2.24) is 9.21 Å². The van der Waals surface area contributed by atoms with Gasteiger partial charge >= 0.3 is 0 Å². The molecule has 0 aromatic heterocycles. The third kappa shape index (κ3) is 5.26. The summed E-state index contributed by atoms with van der Waals surface area (Å²) in [6.45, 7) is 2.81. The van der Waals surface area contributed by atoms with Gasteiger partial charge in [-0.15, -0.1) is 0 Å². The van der Waals surface area contributed by atoms with Crippen LogP contribution in [0.25, 0.3) is 0 Å². The molecule has 0 aliphatic carbocycles. The van der Waals surface area contributed by atoms with Gasteiger partial charge in [-0.2, -0.15) is 4.31 Å². The zero-order valence-electron chi connectivity index (χ0n) is 15.9. The standard InChI is InChI=1S/C20H22ClFN2O4S/c1-15(28-18-7-3-16(21)4-8-18)20(25)23-11-2-12-24(14-13-23)29(26,27)19-9-5-17(22)6-10-19/h3-10,15H,2,11-14H2,1H3. The van der Waals surface area contributed by atoms with Gasteiger partial charge in [0, 0.05) is 31.2 Å². The van der Waals surface area contributed by atoms with Crippen molar-refractivity contribution < 1.29 is 22.3 Å². The van der Waals surface area contributed by atoms with Crippen LogP contribution in [0.5, 0.6) is 5.75 Å². The zero-order chi connectivity index (χ0) is 21.0. The fraction of sp³-hybridized carbons (Fsp3) is 0.350. The number of ether oxygens (including phenoxy) is 1. The molecule has 9 heteroatoms. The summed E-state index contributed by atoms with van der Waals surface area (Å²) < 4.78 is 45.7. The second-order valence-corrected chi connectivity index (χ2v) is 9.13. The minimum atomic E-state index is -3.74. The predicted octanol–water partition coefficient (Wildman–Crippen LogP) is 3.17. The average molecular weight is 441 g/mol. The van der Waals surface area contributed by atoms with Crippen LogP contribution < -0.4 is 4.74 Å². The van der Waals surface area contributed by atoms with Crippen molar-refractivity contribution in [3.63, 3.8) is 0 Å². The normalized spacial score (nSPS) is 16.9. The van der Waals surface area contributed by atoms with Crippen LogP contribution >= 0.6 is 11.6 Å². The number of halogens is 2. The third-order valence-corrected chi connectivity index (χ3v) is 6.86. The largest absolute Gasteiger partial charge is 0.481 e. The summed E-state index contributed by atoms with van der Waals surface area (Å²) in [6, 6.07) is 11.5. The minimum absolute atomic E-state index is 0.0399. The van der Waals surface area contributed by atoms with Crippen molar-refractivity contribution in [2.45, 2.75) is 24.3 Å². The van der Waals surface area contributed by atoms with Crippen LogP contribution in [0, 0.1) is 5.82 Å². The molecular weight excluding hydrogens is 419 g/mol. The first-order valence-electron chi connectivity index (χ1n) is 9.24. The Morgan fingerprint density at radius 1 is 1.03 bits per heavy atom. The summed E-state index contributed by atoms with van der Waals surface area (Å²) in [7, 11) is -3.74. The summed E-state index contributed by atoms with van der Waals surface area (Å²) >= 11 is 5.85. The molecule has 1 amide bonds. The van der Waals surface area contributed by atoms with E-state index in [1.54, 1.807) is 36.1 Å². The summed E-state index contributed by atoms with van der Waals surface area (Å²) in [5, 5.41) is 0.575. The number of amides is 1. The summed E-state index contributed by atoms with van der Waals surface area (Å²) in [5.74, 6) is -0.169. The van der Waals surface area contributed by atoms with Gasteiger partial charge in [-0.05, 0) is 61.9 Å². The molecule has 0 saturated carbocycles. The van der Waals surface area contributed by atoms with Crippen LogP contribution in [0.1, 0.15) is 13.3 Å². The highest BCUT2D eigenvalue weighted by Gasteiger charge is 2.30. The van der Waals surface area contributed by atoms with Crippen LogP contribution in [0.3, 0.4) is 0 Å². The Bertz CT molecular complexity index is 951. The molecule has 1 atom stereocenters. The van der Waals surface area contributed by atoms with Crippen LogP contribution in [0.15, 0.2) is 53.4 Å². The second-order valence-electron chi connectivity index (χ2n) is 6.75. The van der Waals surface area contributed by atoms with Crippen LogP contribution in [0.4, 0.5) is 4.39 Å². The third-order valence-electron chi connectivity index (χ3n) is 4.69. The van der Waals surface area contributed by atoms with Gasteiger partial charge < -0.3 is 9.64 Å². The van der Waals surface area contributed by atoms with Gasteiger partial charge in [-0.1, -0.05) is 11.6 Å². The van der Waals surface area contributed by atoms with Crippen LogP contribution in [0.2, 0.25) is 5.02 Å². The molecule has 1 aliphatic heterocycles. The Morgan fingerprint density at radius 3 is 2.34 bits per heavy atom. The highest BCUT2D eigenvalue weighted by atomic mass is 35.5. The molecule has 1 fully saturated rings. The van der Waals surface area contributed by atoms with Gasteiger partial charge in [-0.25, -0.2) is 12.8 Å². The predicted molar refractivity (Wildman–Crippen MR) is 108 cm³/mol. The van der Waals surface area contributed by atoms with Crippen LogP contribution in [-0.4, -0.2) is 55.8 Å². The highest BCUT2D eigenvalue weighted by molar-refractivity contribution is 7.89. The van der Waals surface area contributed by atoms with E-state index in [9.17, 15) is 17.6 Å². The minimum Gasteiger partial charge on any atom is -0.481 e. The zero-order valence-corrected chi connectivity index (χ0v) is 17.5. The number of hydrogen-bond donors (Lipinski definition) is 0. The molecule has 0 radical (unpaired) electrons. The lowest BCUT2D eigenvalue weighted by Crippen LogP contribution is -2.43. The Hall–Kier alpha value is -2.16. The quantitative estimate of drug-likeness (QED) is 0.716. The number of carbonyl (C=O) groups is 1. The SMILES string of the molecule is CC(Oc1ccc(Cl)cc1)C(=O)N1CCCN(S(=O)(=O)c2ccc(F)cc2)CC1. The van der Waals surface area contributed by atoms with Crippen LogP contribution in [-0.2, 0) is 14.8 Å². The second kappa shape index (κ2) is 9.11. The van der Waals surface area contributed by atoms with E-state index in [-0.39, 0.29) is 30.4 Å². The van der Waals surface area contributed by atoms with E-state index < -0.39 is 21.9 Å². The first kappa shape index (κ1) is 21.5. The Morgan fingerprint density at radius 2 is 1.69 bits per heavy atom. The molecule has 156 valence electrons. The molecule has 29 heavy (non-hydrogen) atoms. The molecule has 1 saturated heterocycles. The highest BCUT2D eigenvalue weighted by Crippen LogP contribution is 2.20. The lowest BCUT2D eigenvalue weighted by Gasteiger charge is -2.25. The van der Waals surface area contributed by atoms with E-state index in [1.807, 2.05) is 0 Å². The first-order valence-corrected chi connectivity index (χ1v) is 11.1. The summed E-state index contributed by atoms with van der Waals surface area (Å²) in [5.41, 5.74) is 0. The molecular formula is C20H22ClFN2O4S. The van der Waals surface area contributed by atoms with E-state index in [2.05, 4.69) is 0 Å². The molecule has 1 aliphatic rings. The Balaban J connectivity index is 1.63. The molecule has 1 heterocycles. The van der Waals surface area contributed by atoms with Gasteiger partial charge in [0.15, 0.2) is 6.10 Å². The monoisotopic (exact) mass is 440 g/mol. The molecule has 6 nitrogen and oxygen atoms in total. The van der Waals surface area contributed by atoms with Crippen molar-refractivity contribution in [2.24, 2.45) is 0 Å². The molecule has 2 aromatic rings. The number of sulfonamides is 1. The van der Waals surface area contributed by atoms with E-state index in [0.29, 0.717) is 23.7 Å². The maximum absolute atomic E-state index is 13.1. The average Bonchev–Trinajstić information content (AvgIpc) is 2.96. The molecule has 0 spiro atoms. The number of carbonyl (C=O) groups excluding carboxylic acids is 1. The summed E-state index contributed by atoms with van der Waals surface area (Å²) in [4.78, 5) is 14.4. The first-order chi connectivity index (χ1) is 13.8. The molecule has 2 aromatic carbocycles. The van der Waals surface area contributed by atoms with Crippen molar-refractivity contribution in [2.75, 3.05) is 26.2 Å². The number of hydrogen-bond acceptors (Lipinski definition) is 4. The van der Waals surface area contributed by atoms with Gasteiger partial charge in [0.25, 0.3) is 5.91 Å². The fourth-order valence-electron chi connectivity index (χ4n) is 3.13. The lowest BCUT2D eigenvalue weighted by molar-refractivity contribution is -0.137. The van der Waals surface area contributed by atoms with E-state index >= 15 is 0 Å². The molecule has 0 bridgehead atoms. The lowest BCUT2D eigenvalue weighted by atomic mass is 10.3. The maximum Gasteiger partial charge on any atom is 0.263 e. The van der Waals surface area contributed by atoms with Gasteiger partial charge in [0.2, 0.25) is 10.0 Å². The molecule has 3 rings (SSSR count). The Labute approximate surface area is 174 Å². The van der Waals surface area contributed by atoms with Crippen molar-refractivity contribution in [3.05, 3.63) is 59.4 Å². The molecule has 1 unspecified atom stereocenters. The van der Waals surface area contributed by atoms with E-state index in [0.717, 1.165) is 12.1 Å².